The second-order valence-corrected chi connectivity index (χ2v) is 8.62. The van der Waals surface area contributed by atoms with Crippen molar-refractivity contribution in [2.75, 3.05) is 31.1 Å². The molecule has 3 aromatic rings. The highest BCUT2D eigenvalue weighted by atomic mass is 16.2. The van der Waals surface area contributed by atoms with Crippen molar-refractivity contribution < 1.29 is 4.79 Å². The van der Waals surface area contributed by atoms with Crippen LogP contribution < -0.4 is 4.90 Å². The number of carbonyl (C=O) groups is 1. The van der Waals surface area contributed by atoms with Gasteiger partial charge < -0.3 is 9.80 Å². The fraction of sp³-hybridized carbons (Fsp3) is 0.478. The summed E-state index contributed by atoms with van der Waals surface area (Å²) < 4.78 is 1.82. The van der Waals surface area contributed by atoms with Gasteiger partial charge in [0, 0.05) is 37.7 Å². The number of rotatable bonds is 3. The topological polar surface area (TPSA) is 66.6 Å². The van der Waals surface area contributed by atoms with E-state index in [2.05, 4.69) is 26.9 Å². The zero-order chi connectivity index (χ0) is 20.5. The summed E-state index contributed by atoms with van der Waals surface area (Å²) in [5, 5.41) is 13.4. The first kappa shape index (κ1) is 19.0. The summed E-state index contributed by atoms with van der Waals surface area (Å²) in [7, 11) is 0. The summed E-state index contributed by atoms with van der Waals surface area (Å²) in [5.74, 6) is 2.91. The third-order valence-corrected chi connectivity index (χ3v) is 6.54. The van der Waals surface area contributed by atoms with Crippen LogP contribution in [0.2, 0.25) is 0 Å². The largest absolute Gasteiger partial charge is 0.355 e. The van der Waals surface area contributed by atoms with Crippen LogP contribution in [0.15, 0.2) is 42.5 Å². The number of carbonyl (C=O) groups excluding carboxylic acids is 1. The Labute approximate surface area is 176 Å². The maximum Gasteiger partial charge on any atom is 0.225 e. The maximum atomic E-state index is 12.9. The predicted molar refractivity (Wildman–Crippen MR) is 116 cm³/mol. The van der Waals surface area contributed by atoms with Crippen molar-refractivity contribution in [2.45, 2.75) is 32.6 Å². The molecule has 30 heavy (non-hydrogen) atoms. The summed E-state index contributed by atoms with van der Waals surface area (Å²) in [4.78, 5) is 17.3. The van der Waals surface area contributed by atoms with E-state index in [4.69, 9.17) is 5.10 Å². The molecule has 2 aliphatic heterocycles. The molecule has 0 spiro atoms. The Morgan fingerprint density at radius 1 is 0.900 bits per heavy atom. The molecule has 0 atom stereocenters. The van der Waals surface area contributed by atoms with Crippen molar-refractivity contribution in [3.05, 3.63) is 42.5 Å². The van der Waals surface area contributed by atoms with Crippen molar-refractivity contribution in [3.8, 4) is 11.4 Å². The van der Waals surface area contributed by atoms with E-state index in [1.807, 2.05) is 47.0 Å². The molecule has 0 unspecified atom stereocenters. The van der Waals surface area contributed by atoms with Crippen molar-refractivity contribution in [1.29, 1.82) is 0 Å². The number of benzene rings is 1. The van der Waals surface area contributed by atoms with Gasteiger partial charge in [0.25, 0.3) is 0 Å². The van der Waals surface area contributed by atoms with E-state index in [0.717, 1.165) is 80.6 Å². The smallest absolute Gasteiger partial charge is 0.225 e. The van der Waals surface area contributed by atoms with Crippen molar-refractivity contribution in [2.24, 2.45) is 11.8 Å². The van der Waals surface area contributed by atoms with E-state index < -0.39 is 0 Å². The molecule has 2 aromatic heterocycles. The average molecular weight is 405 g/mol. The van der Waals surface area contributed by atoms with Crippen LogP contribution in [0.5, 0.6) is 0 Å². The lowest BCUT2D eigenvalue weighted by atomic mass is 9.92. The van der Waals surface area contributed by atoms with Gasteiger partial charge in [-0.2, -0.15) is 4.52 Å². The molecule has 2 fully saturated rings. The second kappa shape index (κ2) is 8.05. The monoisotopic (exact) mass is 404 g/mol. The minimum absolute atomic E-state index is 0.146. The number of likely N-dealkylation sites (tertiary alicyclic amines) is 1. The Morgan fingerprint density at radius 3 is 2.37 bits per heavy atom. The summed E-state index contributed by atoms with van der Waals surface area (Å²) in [5.41, 5.74) is 1.73. The molecular formula is C23H28N6O. The van der Waals surface area contributed by atoms with Crippen LogP contribution in [0, 0.1) is 11.8 Å². The first-order chi connectivity index (χ1) is 14.7. The fourth-order valence-electron chi connectivity index (χ4n) is 4.56. The SMILES string of the molecule is CC1CCN(C(=O)C2CCN(c3ccc4nnc(-c5ccccc5)n4n3)CC2)CC1. The zero-order valence-corrected chi connectivity index (χ0v) is 17.4. The molecule has 0 aliphatic carbocycles. The van der Waals surface area contributed by atoms with E-state index in [-0.39, 0.29) is 5.92 Å². The van der Waals surface area contributed by atoms with E-state index in [1.54, 1.807) is 0 Å². The molecule has 4 heterocycles. The predicted octanol–water partition coefficient (Wildman–Crippen LogP) is 3.27. The standard InChI is InChI=1S/C23H28N6O/c1-17-9-13-28(14-10-17)23(30)19-11-15-27(16-12-19)21-8-7-20-24-25-22(29(20)26-21)18-5-3-2-4-6-18/h2-8,17,19H,9-16H2,1H3. The molecule has 156 valence electrons. The molecule has 7 heteroatoms. The zero-order valence-electron chi connectivity index (χ0n) is 17.4. The fourth-order valence-corrected chi connectivity index (χ4v) is 4.56. The van der Waals surface area contributed by atoms with Gasteiger partial charge in [0.15, 0.2) is 11.5 Å². The Balaban J connectivity index is 1.29. The molecule has 2 saturated heterocycles. The number of piperidine rings is 2. The van der Waals surface area contributed by atoms with Gasteiger partial charge >= 0.3 is 0 Å². The lowest BCUT2D eigenvalue weighted by molar-refractivity contribution is -0.137. The van der Waals surface area contributed by atoms with Crippen LogP contribution in [0.1, 0.15) is 32.6 Å². The van der Waals surface area contributed by atoms with E-state index in [0.29, 0.717) is 5.91 Å². The molecule has 0 radical (unpaired) electrons. The number of anilines is 1. The van der Waals surface area contributed by atoms with Crippen LogP contribution >= 0.6 is 0 Å². The highest BCUT2D eigenvalue weighted by Crippen LogP contribution is 2.26. The molecule has 0 N–H and O–H groups in total. The third-order valence-electron chi connectivity index (χ3n) is 6.54. The lowest BCUT2D eigenvalue weighted by Gasteiger charge is -2.37. The van der Waals surface area contributed by atoms with Gasteiger partial charge in [0.1, 0.15) is 5.82 Å². The quantitative estimate of drug-likeness (QED) is 0.670. The number of fused-ring (bicyclic) bond motifs is 1. The van der Waals surface area contributed by atoms with Gasteiger partial charge in [-0.3, -0.25) is 4.79 Å². The van der Waals surface area contributed by atoms with Crippen LogP contribution in [-0.4, -0.2) is 56.8 Å². The number of amides is 1. The second-order valence-electron chi connectivity index (χ2n) is 8.62. The summed E-state index contributed by atoms with van der Waals surface area (Å²) in [6.07, 6.45) is 4.05. The van der Waals surface area contributed by atoms with Gasteiger partial charge in [-0.25, -0.2) is 0 Å². The van der Waals surface area contributed by atoms with Crippen LogP contribution in [-0.2, 0) is 4.79 Å². The molecule has 7 nitrogen and oxygen atoms in total. The minimum Gasteiger partial charge on any atom is -0.355 e. The first-order valence-corrected chi connectivity index (χ1v) is 11.0. The van der Waals surface area contributed by atoms with Crippen LogP contribution in [0.3, 0.4) is 0 Å². The summed E-state index contributed by atoms with van der Waals surface area (Å²) in [6.45, 7) is 5.83. The van der Waals surface area contributed by atoms with Crippen molar-refractivity contribution in [1.82, 2.24) is 24.7 Å². The average Bonchev–Trinajstić information content (AvgIpc) is 3.23. The lowest BCUT2D eigenvalue weighted by Crippen LogP contribution is -2.45. The van der Waals surface area contributed by atoms with E-state index in [9.17, 15) is 4.79 Å². The van der Waals surface area contributed by atoms with E-state index >= 15 is 0 Å². The van der Waals surface area contributed by atoms with Crippen molar-refractivity contribution in [3.63, 3.8) is 0 Å². The highest BCUT2D eigenvalue weighted by Gasteiger charge is 2.30. The first-order valence-electron chi connectivity index (χ1n) is 11.0. The molecule has 2 aliphatic rings. The van der Waals surface area contributed by atoms with Crippen LogP contribution in [0.4, 0.5) is 5.82 Å². The minimum atomic E-state index is 0.146. The Kier molecular flexibility index (Phi) is 5.11. The number of hydrogen-bond donors (Lipinski definition) is 0. The van der Waals surface area contributed by atoms with Gasteiger partial charge in [-0.1, -0.05) is 37.3 Å². The molecule has 5 rings (SSSR count). The maximum absolute atomic E-state index is 12.9. The third kappa shape index (κ3) is 3.64. The number of nitrogens with zero attached hydrogens (tertiary/aromatic N) is 6. The molecule has 0 bridgehead atoms. The normalized spacial score (nSPS) is 18.8. The molecule has 0 saturated carbocycles. The van der Waals surface area contributed by atoms with Crippen molar-refractivity contribution >= 4 is 17.4 Å². The Morgan fingerprint density at radius 2 is 1.63 bits per heavy atom. The number of hydrogen-bond acceptors (Lipinski definition) is 5. The Bertz CT molecular complexity index is 1020. The number of aromatic nitrogens is 4. The molecular weight excluding hydrogens is 376 g/mol. The molecule has 1 aromatic carbocycles. The van der Waals surface area contributed by atoms with Gasteiger partial charge in [0.05, 0.1) is 0 Å². The molecule has 1 amide bonds. The highest BCUT2D eigenvalue weighted by molar-refractivity contribution is 5.79. The van der Waals surface area contributed by atoms with Gasteiger partial charge in [-0.05, 0) is 43.7 Å². The van der Waals surface area contributed by atoms with E-state index in [1.165, 1.54) is 0 Å². The van der Waals surface area contributed by atoms with Gasteiger partial charge in [0.2, 0.25) is 5.91 Å². The Hall–Kier alpha value is -2.96. The van der Waals surface area contributed by atoms with Gasteiger partial charge in [-0.15, -0.1) is 15.3 Å². The van der Waals surface area contributed by atoms with Crippen LogP contribution in [0.25, 0.3) is 17.0 Å². The summed E-state index contributed by atoms with van der Waals surface area (Å²) >= 11 is 0. The summed E-state index contributed by atoms with van der Waals surface area (Å²) in [6, 6.07) is 14.0.